The van der Waals surface area contributed by atoms with Crippen LogP contribution in [0.25, 0.3) is 10.8 Å². The van der Waals surface area contributed by atoms with Gasteiger partial charge < -0.3 is 0 Å². The second kappa shape index (κ2) is 3.00. The van der Waals surface area contributed by atoms with Crippen molar-refractivity contribution < 1.29 is 0 Å². The number of rotatable bonds is 0. The SMILES string of the molecule is Cc1cc2ccc(Cl)cc2c(C)n1. The van der Waals surface area contributed by atoms with Gasteiger partial charge in [-0.15, -0.1) is 0 Å². The lowest BCUT2D eigenvalue weighted by Crippen LogP contribution is -1.87. The summed E-state index contributed by atoms with van der Waals surface area (Å²) in [4.78, 5) is 4.38. The number of fused-ring (bicyclic) bond motifs is 1. The van der Waals surface area contributed by atoms with Gasteiger partial charge in [0.05, 0.1) is 0 Å². The first-order valence-corrected chi connectivity index (χ1v) is 4.58. The standard InChI is InChI=1S/C11H10ClN/c1-7-5-9-3-4-10(12)6-11(9)8(2)13-7/h3-6H,1-2H3. The molecule has 1 aromatic heterocycles. The van der Waals surface area contributed by atoms with E-state index in [0.717, 1.165) is 21.8 Å². The van der Waals surface area contributed by atoms with Crippen LogP contribution in [-0.2, 0) is 0 Å². The third-order valence-electron chi connectivity index (χ3n) is 2.11. The molecule has 13 heavy (non-hydrogen) atoms. The zero-order chi connectivity index (χ0) is 9.42. The van der Waals surface area contributed by atoms with Crippen LogP contribution in [0.2, 0.25) is 5.02 Å². The van der Waals surface area contributed by atoms with Crippen LogP contribution in [0.15, 0.2) is 24.3 Å². The molecule has 0 aliphatic heterocycles. The highest BCUT2D eigenvalue weighted by molar-refractivity contribution is 6.31. The Bertz CT molecular complexity index is 463. The number of aryl methyl sites for hydroxylation is 2. The molecule has 0 saturated heterocycles. The molecule has 1 heterocycles. The van der Waals surface area contributed by atoms with Gasteiger partial charge in [-0.05, 0) is 37.4 Å². The van der Waals surface area contributed by atoms with Crippen LogP contribution in [0.4, 0.5) is 0 Å². The van der Waals surface area contributed by atoms with Gasteiger partial charge >= 0.3 is 0 Å². The molecule has 2 heteroatoms. The largest absolute Gasteiger partial charge is 0.258 e. The van der Waals surface area contributed by atoms with Crippen LogP contribution in [0.5, 0.6) is 0 Å². The van der Waals surface area contributed by atoms with Crippen molar-refractivity contribution >= 4 is 22.4 Å². The average molecular weight is 192 g/mol. The van der Waals surface area contributed by atoms with Gasteiger partial charge in [0.1, 0.15) is 0 Å². The van der Waals surface area contributed by atoms with Crippen molar-refractivity contribution in [2.45, 2.75) is 13.8 Å². The van der Waals surface area contributed by atoms with Crippen molar-refractivity contribution in [2.24, 2.45) is 0 Å². The van der Waals surface area contributed by atoms with Crippen molar-refractivity contribution in [3.63, 3.8) is 0 Å². The van der Waals surface area contributed by atoms with Gasteiger partial charge in [0.25, 0.3) is 0 Å². The van der Waals surface area contributed by atoms with Crippen LogP contribution in [0.1, 0.15) is 11.4 Å². The van der Waals surface area contributed by atoms with Crippen LogP contribution in [0, 0.1) is 13.8 Å². The molecule has 0 bridgehead atoms. The Morgan fingerprint density at radius 2 is 1.92 bits per heavy atom. The molecule has 2 rings (SSSR count). The fraction of sp³-hybridized carbons (Fsp3) is 0.182. The lowest BCUT2D eigenvalue weighted by atomic mass is 10.1. The first-order valence-electron chi connectivity index (χ1n) is 4.20. The number of hydrogen-bond donors (Lipinski definition) is 0. The molecule has 1 nitrogen and oxygen atoms in total. The predicted molar refractivity (Wildman–Crippen MR) is 56.2 cm³/mol. The highest BCUT2D eigenvalue weighted by atomic mass is 35.5. The normalized spacial score (nSPS) is 10.7. The number of pyridine rings is 1. The fourth-order valence-corrected chi connectivity index (χ4v) is 1.72. The van der Waals surface area contributed by atoms with Crippen molar-refractivity contribution in [1.82, 2.24) is 4.98 Å². The first-order chi connectivity index (χ1) is 6.16. The maximum absolute atomic E-state index is 5.90. The quantitative estimate of drug-likeness (QED) is 0.621. The summed E-state index contributed by atoms with van der Waals surface area (Å²) >= 11 is 5.90. The van der Waals surface area contributed by atoms with Gasteiger partial charge in [0, 0.05) is 21.8 Å². The Labute approximate surface area is 82.4 Å². The molecular formula is C11H10ClN. The van der Waals surface area contributed by atoms with E-state index in [1.165, 1.54) is 5.39 Å². The summed E-state index contributed by atoms with van der Waals surface area (Å²) in [6.07, 6.45) is 0. The van der Waals surface area contributed by atoms with Crippen molar-refractivity contribution in [2.75, 3.05) is 0 Å². The monoisotopic (exact) mass is 191 g/mol. The van der Waals surface area contributed by atoms with Crippen LogP contribution in [0.3, 0.4) is 0 Å². The number of aromatic nitrogens is 1. The summed E-state index contributed by atoms with van der Waals surface area (Å²) in [5.41, 5.74) is 2.09. The van der Waals surface area contributed by atoms with E-state index in [4.69, 9.17) is 11.6 Å². The topological polar surface area (TPSA) is 12.9 Å². The van der Waals surface area contributed by atoms with E-state index in [1.54, 1.807) is 0 Å². The summed E-state index contributed by atoms with van der Waals surface area (Å²) in [6.45, 7) is 4.01. The molecule has 0 unspecified atom stereocenters. The third kappa shape index (κ3) is 1.52. The van der Waals surface area contributed by atoms with E-state index >= 15 is 0 Å². The Kier molecular flexibility index (Phi) is 1.97. The fourth-order valence-electron chi connectivity index (χ4n) is 1.55. The van der Waals surface area contributed by atoms with Crippen LogP contribution < -0.4 is 0 Å². The molecule has 0 fully saturated rings. The van der Waals surface area contributed by atoms with E-state index in [0.29, 0.717) is 0 Å². The van der Waals surface area contributed by atoms with Gasteiger partial charge in [-0.3, -0.25) is 4.98 Å². The highest BCUT2D eigenvalue weighted by Crippen LogP contribution is 2.21. The van der Waals surface area contributed by atoms with Gasteiger partial charge in [-0.2, -0.15) is 0 Å². The molecule has 0 spiro atoms. The Morgan fingerprint density at radius 3 is 2.69 bits per heavy atom. The predicted octanol–water partition coefficient (Wildman–Crippen LogP) is 3.51. The minimum Gasteiger partial charge on any atom is -0.258 e. The lowest BCUT2D eigenvalue weighted by molar-refractivity contribution is 1.15. The molecule has 0 aliphatic rings. The summed E-state index contributed by atoms with van der Waals surface area (Å²) in [5, 5.41) is 3.11. The summed E-state index contributed by atoms with van der Waals surface area (Å²) in [5.74, 6) is 0. The molecule has 0 aliphatic carbocycles. The summed E-state index contributed by atoms with van der Waals surface area (Å²) in [6, 6.07) is 7.96. The molecule has 0 atom stereocenters. The molecule has 0 amide bonds. The Morgan fingerprint density at radius 1 is 1.15 bits per heavy atom. The number of halogens is 1. The van der Waals surface area contributed by atoms with Gasteiger partial charge in [-0.25, -0.2) is 0 Å². The zero-order valence-electron chi connectivity index (χ0n) is 7.63. The molecule has 0 N–H and O–H groups in total. The molecule has 0 saturated carbocycles. The zero-order valence-corrected chi connectivity index (χ0v) is 8.39. The average Bonchev–Trinajstić information content (AvgIpc) is 2.06. The van der Waals surface area contributed by atoms with Gasteiger partial charge in [0.2, 0.25) is 0 Å². The van der Waals surface area contributed by atoms with E-state index < -0.39 is 0 Å². The smallest absolute Gasteiger partial charge is 0.0454 e. The second-order valence-electron chi connectivity index (χ2n) is 3.21. The number of hydrogen-bond acceptors (Lipinski definition) is 1. The van der Waals surface area contributed by atoms with E-state index in [2.05, 4.69) is 11.1 Å². The van der Waals surface area contributed by atoms with E-state index in [1.807, 2.05) is 32.0 Å². The molecule has 1 aromatic carbocycles. The van der Waals surface area contributed by atoms with Crippen molar-refractivity contribution in [3.8, 4) is 0 Å². The van der Waals surface area contributed by atoms with Crippen LogP contribution >= 0.6 is 11.6 Å². The Hall–Kier alpha value is -1.08. The molecular weight excluding hydrogens is 182 g/mol. The van der Waals surface area contributed by atoms with E-state index in [9.17, 15) is 0 Å². The molecule has 0 radical (unpaired) electrons. The Balaban J connectivity index is 2.87. The number of benzene rings is 1. The lowest BCUT2D eigenvalue weighted by Gasteiger charge is -2.03. The minimum atomic E-state index is 0.765. The minimum absolute atomic E-state index is 0.765. The second-order valence-corrected chi connectivity index (χ2v) is 3.65. The number of nitrogens with zero attached hydrogens (tertiary/aromatic N) is 1. The summed E-state index contributed by atoms with van der Waals surface area (Å²) in [7, 11) is 0. The van der Waals surface area contributed by atoms with Gasteiger partial charge in [-0.1, -0.05) is 17.7 Å². The summed E-state index contributed by atoms with van der Waals surface area (Å²) < 4.78 is 0. The maximum atomic E-state index is 5.90. The molecule has 2 aromatic rings. The van der Waals surface area contributed by atoms with Crippen LogP contribution in [-0.4, -0.2) is 4.98 Å². The van der Waals surface area contributed by atoms with E-state index in [-0.39, 0.29) is 0 Å². The molecule has 66 valence electrons. The van der Waals surface area contributed by atoms with Crippen molar-refractivity contribution in [1.29, 1.82) is 0 Å². The van der Waals surface area contributed by atoms with Gasteiger partial charge in [0.15, 0.2) is 0 Å². The third-order valence-corrected chi connectivity index (χ3v) is 2.35. The first kappa shape index (κ1) is 8.52. The van der Waals surface area contributed by atoms with Crippen molar-refractivity contribution in [3.05, 3.63) is 40.7 Å². The highest BCUT2D eigenvalue weighted by Gasteiger charge is 2.00. The maximum Gasteiger partial charge on any atom is 0.0454 e.